The first-order chi connectivity index (χ1) is 12.4. The molecule has 1 heterocycles. The molecule has 3 aromatic rings. The lowest BCUT2D eigenvalue weighted by Crippen LogP contribution is -2.32. The molecule has 2 aromatic carbocycles. The van der Waals surface area contributed by atoms with E-state index >= 15 is 0 Å². The number of H-pyrrole nitrogens is 1. The highest BCUT2D eigenvalue weighted by molar-refractivity contribution is 9.10. The van der Waals surface area contributed by atoms with E-state index < -0.39 is 16.2 Å². The minimum absolute atomic E-state index is 0.0628. The Hall–Kier alpha value is -3.27. The molecule has 0 saturated carbocycles. The summed E-state index contributed by atoms with van der Waals surface area (Å²) in [5.74, 6) is 0.0628. The largest absolute Gasteiger partial charge is 0.489 e. The summed E-state index contributed by atoms with van der Waals surface area (Å²) in [4.78, 5) is 37.6. The van der Waals surface area contributed by atoms with Crippen molar-refractivity contribution >= 4 is 38.7 Å². The second-order valence-electron chi connectivity index (χ2n) is 5.15. The molecule has 0 atom stereocenters. The van der Waals surface area contributed by atoms with Gasteiger partial charge in [-0.05, 0) is 34.1 Å². The van der Waals surface area contributed by atoms with Gasteiger partial charge in [-0.2, -0.15) is 5.10 Å². The molecule has 0 aliphatic carbocycles. The van der Waals surface area contributed by atoms with Crippen LogP contribution in [0.2, 0.25) is 0 Å². The van der Waals surface area contributed by atoms with Crippen LogP contribution in [0.5, 0.6) is 5.75 Å². The highest BCUT2D eigenvalue weighted by Crippen LogP contribution is 2.35. The van der Waals surface area contributed by atoms with Gasteiger partial charge in [-0.1, -0.05) is 12.1 Å². The Morgan fingerprint density at radius 3 is 2.73 bits per heavy atom. The van der Waals surface area contributed by atoms with Crippen LogP contribution in [-0.2, 0) is 0 Å². The third-order valence-electron chi connectivity index (χ3n) is 3.55. The van der Waals surface area contributed by atoms with Gasteiger partial charge in [-0.25, -0.2) is 4.79 Å². The lowest BCUT2D eigenvalue weighted by Gasteiger charge is -2.05. The zero-order valence-electron chi connectivity index (χ0n) is 13.3. The molecule has 0 aliphatic rings. The van der Waals surface area contributed by atoms with Crippen molar-refractivity contribution in [3.05, 3.63) is 77.4 Å². The first-order valence-corrected chi connectivity index (χ1v) is 8.02. The van der Waals surface area contributed by atoms with Gasteiger partial charge in [-0.15, -0.1) is 4.68 Å². The number of hydrogen-bond acceptors (Lipinski definition) is 6. The fraction of sp³-hybridized carbons (Fsp3) is 0.0625. The lowest BCUT2D eigenvalue weighted by atomic mass is 10.2. The number of rotatable bonds is 4. The standard InChI is InChI=1S/C16H11BrN4O5/c1-26-14-11(17)6-9(7-13(14)21(24)25)8-18-20-15(22)10-4-2-3-5-12(10)19-16(20)23/h2-8H,1H3,(H,19,23). The quantitative estimate of drug-likeness (QED) is 0.395. The Morgan fingerprint density at radius 1 is 1.31 bits per heavy atom. The fourth-order valence-electron chi connectivity index (χ4n) is 2.39. The predicted octanol–water partition coefficient (Wildman–Crippen LogP) is 2.25. The van der Waals surface area contributed by atoms with E-state index in [4.69, 9.17) is 4.74 Å². The molecule has 0 aliphatic heterocycles. The molecule has 0 fully saturated rings. The summed E-state index contributed by atoms with van der Waals surface area (Å²) in [6.07, 6.45) is 1.18. The molecule has 10 heteroatoms. The van der Waals surface area contributed by atoms with E-state index in [1.807, 2.05) is 0 Å². The van der Waals surface area contributed by atoms with Gasteiger partial charge in [0.05, 0.1) is 33.6 Å². The van der Waals surface area contributed by atoms with Gasteiger partial charge >= 0.3 is 11.4 Å². The van der Waals surface area contributed by atoms with Crippen molar-refractivity contribution in [2.75, 3.05) is 7.11 Å². The van der Waals surface area contributed by atoms with E-state index in [0.717, 1.165) is 0 Å². The van der Waals surface area contributed by atoms with Crippen LogP contribution in [-0.4, -0.2) is 27.9 Å². The first-order valence-electron chi connectivity index (χ1n) is 7.22. The third-order valence-corrected chi connectivity index (χ3v) is 4.14. The normalized spacial score (nSPS) is 11.2. The molecule has 9 nitrogen and oxygen atoms in total. The second kappa shape index (κ2) is 6.92. The minimum Gasteiger partial charge on any atom is -0.489 e. The zero-order valence-corrected chi connectivity index (χ0v) is 14.9. The molecule has 0 amide bonds. The van der Waals surface area contributed by atoms with Gasteiger partial charge < -0.3 is 9.72 Å². The highest BCUT2D eigenvalue weighted by Gasteiger charge is 2.19. The van der Waals surface area contributed by atoms with Gasteiger partial charge in [0, 0.05) is 11.6 Å². The number of aromatic nitrogens is 2. The smallest absolute Gasteiger partial charge is 0.349 e. The van der Waals surface area contributed by atoms with Gasteiger partial charge in [0.2, 0.25) is 5.75 Å². The van der Waals surface area contributed by atoms with Gasteiger partial charge in [0.25, 0.3) is 5.56 Å². The van der Waals surface area contributed by atoms with Crippen LogP contribution in [0.4, 0.5) is 5.69 Å². The van der Waals surface area contributed by atoms with E-state index in [1.165, 1.54) is 25.5 Å². The Balaban J connectivity index is 2.12. The topological polar surface area (TPSA) is 120 Å². The summed E-state index contributed by atoms with van der Waals surface area (Å²) in [5, 5.41) is 15.3. The first kappa shape index (κ1) is 17.5. The summed E-state index contributed by atoms with van der Waals surface area (Å²) < 4.78 is 6.00. The van der Waals surface area contributed by atoms with E-state index in [0.29, 0.717) is 25.6 Å². The number of nitro groups is 1. The SMILES string of the molecule is COc1c(Br)cc(C=Nn2c(=O)[nH]c3ccccc3c2=O)cc1[N+](=O)[O-]. The maximum absolute atomic E-state index is 12.4. The van der Waals surface area contributed by atoms with Crippen LogP contribution in [0.25, 0.3) is 10.9 Å². The number of aromatic amines is 1. The Morgan fingerprint density at radius 2 is 2.04 bits per heavy atom. The summed E-state index contributed by atoms with van der Waals surface area (Å²) in [6.45, 7) is 0. The molecule has 0 radical (unpaired) electrons. The number of halogens is 1. The van der Waals surface area contributed by atoms with Gasteiger partial charge in [-0.3, -0.25) is 14.9 Å². The van der Waals surface area contributed by atoms with Crippen molar-refractivity contribution in [3.8, 4) is 5.75 Å². The van der Waals surface area contributed by atoms with Crippen LogP contribution in [0.3, 0.4) is 0 Å². The summed E-state index contributed by atoms with van der Waals surface area (Å²) in [7, 11) is 1.31. The molecule has 1 N–H and O–H groups in total. The minimum atomic E-state index is -0.716. The fourth-order valence-corrected chi connectivity index (χ4v) is 3.02. The highest BCUT2D eigenvalue weighted by atomic mass is 79.9. The van der Waals surface area contributed by atoms with Crippen molar-refractivity contribution in [3.63, 3.8) is 0 Å². The lowest BCUT2D eigenvalue weighted by molar-refractivity contribution is -0.385. The van der Waals surface area contributed by atoms with E-state index in [9.17, 15) is 19.7 Å². The molecule has 3 rings (SSSR count). The molecular formula is C16H11BrN4O5. The monoisotopic (exact) mass is 418 g/mol. The maximum Gasteiger partial charge on any atom is 0.349 e. The van der Waals surface area contributed by atoms with Gasteiger partial charge in [0.1, 0.15) is 0 Å². The number of fused-ring (bicyclic) bond motifs is 1. The zero-order chi connectivity index (χ0) is 18.8. The van der Waals surface area contributed by atoms with Gasteiger partial charge in [0.15, 0.2) is 0 Å². The Kier molecular flexibility index (Phi) is 4.67. The summed E-state index contributed by atoms with van der Waals surface area (Å²) in [5.41, 5.74) is -0.876. The van der Waals surface area contributed by atoms with Crippen molar-refractivity contribution in [2.24, 2.45) is 5.10 Å². The molecule has 0 bridgehead atoms. The van der Waals surface area contributed by atoms with Crippen LogP contribution in [0.1, 0.15) is 5.56 Å². The number of nitrogens with one attached hydrogen (secondary N) is 1. The Bertz CT molecular complexity index is 1170. The van der Waals surface area contributed by atoms with Crippen molar-refractivity contribution in [1.82, 2.24) is 9.66 Å². The summed E-state index contributed by atoms with van der Waals surface area (Å²) >= 11 is 3.19. The van der Waals surface area contributed by atoms with Crippen molar-refractivity contribution < 1.29 is 9.66 Å². The maximum atomic E-state index is 12.4. The number of ether oxygens (including phenoxy) is 1. The molecule has 1 aromatic heterocycles. The predicted molar refractivity (Wildman–Crippen MR) is 99.2 cm³/mol. The van der Waals surface area contributed by atoms with Crippen LogP contribution in [0.15, 0.2) is 55.6 Å². The van der Waals surface area contributed by atoms with Crippen LogP contribution in [0, 0.1) is 10.1 Å². The third kappa shape index (κ3) is 3.14. The number of para-hydroxylation sites is 1. The molecule has 0 saturated heterocycles. The Labute approximate surface area is 153 Å². The van der Waals surface area contributed by atoms with Crippen molar-refractivity contribution in [2.45, 2.75) is 0 Å². The second-order valence-corrected chi connectivity index (χ2v) is 6.00. The van der Waals surface area contributed by atoms with Crippen LogP contribution < -0.4 is 16.0 Å². The number of methoxy groups -OCH3 is 1. The number of nitro benzene ring substituents is 1. The molecule has 132 valence electrons. The van der Waals surface area contributed by atoms with E-state index in [1.54, 1.807) is 24.3 Å². The number of nitrogens with zero attached hydrogens (tertiary/aromatic N) is 3. The molecule has 0 unspecified atom stereocenters. The number of hydrogen-bond donors (Lipinski definition) is 1. The van der Waals surface area contributed by atoms with E-state index in [2.05, 4.69) is 26.0 Å². The van der Waals surface area contributed by atoms with Crippen LogP contribution >= 0.6 is 15.9 Å². The molecular weight excluding hydrogens is 408 g/mol. The molecule has 0 spiro atoms. The van der Waals surface area contributed by atoms with Crippen molar-refractivity contribution in [1.29, 1.82) is 0 Å². The number of benzene rings is 2. The average molecular weight is 419 g/mol. The van der Waals surface area contributed by atoms with E-state index in [-0.39, 0.29) is 11.4 Å². The average Bonchev–Trinajstić information content (AvgIpc) is 2.61. The molecule has 26 heavy (non-hydrogen) atoms. The summed E-state index contributed by atoms with van der Waals surface area (Å²) in [6, 6.07) is 9.28.